The molecule has 0 bridgehead atoms. The summed E-state index contributed by atoms with van der Waals surface area (Å²) < 4.78 is 11.3. The second-order valence-corrected chi connectivity index (χ2v) is 21.9. The zero-order valence-corrected chi connectivity index (χ0v) is 46.8. The Balaban J connectivity index is 2.19. The molecule has 1 amide bonds. The molecule has 71 heavy (non-hydrogen) atoms. The van der Waals surface area contributed by atoms with E-state index in [-0.39, 0.29) is 12.5 Å². The molecule has 0 spiro atoms. The van der Waals surface area contributed by atoms with E-state index in [1.807, 2.05) is 6.08 Å². The van der Waals surface area contributed by atoms with Gasteiger partial charge in [0.25, 0.3) is 0 Å². The number of carbonyl (C=O) groups excluding carboxylic acids is 1. The number of aliphatic hydroxyl groups is 5. The van der Waals surface area contributed by atoms with E-state index in [9.17, 15) is 30.3 Å². The van der Waals surface area contributed by atoms with Crippen molar-refractivity contribution >= 4 is 5.91 Å². The highest BCUT2D eigenvalue weighted by atomic mass is 16.7. The van der Waals surface area contributed by atoms with Crippen molar-refractivity contribution in [3.05, 3.63) is 24.3 Å². The molecule has 0 aromatic heterocycles. The van der Waals surface area contributed by atoms with E-state index in [0.717, 1.165) is 38.5 Å². The minimum atomic E-state index is -1.57. The van der Waals surface area contributed by atoms with Crippen molar-refractivity contribution in [2.75, 3.05) is 13.2 Å². The highest BCUT2D eigenvalue weighted by Crippen LogP contribution is 2.23. The van der Waals surface area contributed by atoms with E-state index >= 15 is 0 Å². The molecule has 7 atom stereocenters. The van der Waals surface area contributed by atoms with Crippen molar-refractivity contribution < 1.29 is 39.8 Å². The Bertz CT molecular complexity index is 1170. The van der Waals surface area contributed by atoms with Crippen molar-refractivity contribution in [3.8, 4) is 0 Å². The first-order valence-electron chi connectivity index (χ1n) is 31.1. The summed E-state index contributed by atoms with van der Waals surface area (Å²) in [5.74, 6) is -0.174. The predicted molar refractivity (Wildman–Crippen MR) is 300 cm³/mol. The summed E-state index contributed by atoms with van der Waals surface area (Å²) in [5.41, 5.74) is 0. The lowest BCUT2D eigenvalue weighted by Gasteiger charge is -2.40. The minimum Gasteiger partial charge on any atom is -0.394 e. The van der Waals surface area contributed by atoms with Gasteiger partial charge in [-0.05, 0) is 44.9 Å². The van der Waals surface area contributed by atoms with Crippen LogP contribution in [0.5, 0.6) is 0 Å². The number of rotatable bonds is 54. The first-order valence-corrected chi connectivity index (χ1v) is 31.1. The lowest BCUT2D eigenvalue weighted by atomic mass is 9.99. The van der Waals surface area contributed by atoms with Crippen LogP contribution in [0.3, 0.4) is 0 Å². The maximum absolute atomic E-state index is 13.1. The van der Waals surface area contributed by atoms with Crippen LogP contribution in [0.2, 0.25) is 0 Å². The Kier molecular flexibility index (Phi) is 49.7. The Labute approximate surface area is 439 Å². The van der Waals surface area contributed by atoms with E-state index in [0.29, 0.717) is 6.42 Å². The molecular formula is C62H119NO8. The smallest absolute Gasteiger partial charge is 0.220 e. The molecule has 1 saturated heterocycles. The van der Waals surface area contributed by atoms with Crippen molar-refractivity contribution in [1.82, 2.24) is 5.32 Å². The highest BCUT2D eigenvalue weighted by molar-refractivity contribution is 5.76. The fraction of sp³-hybridized carbons (Fsp3) is 0.919. The maximum atomic E-state index is 13.1. The highest BCUT2D eigenvalue weighted by Gasteiger charge is 2.44. The molecule has 1 rings (SSSR count). The quantitative estimate of drug-likeness (QED) is 0.0261. The van der Waals surface area contributed by atoms with Crippen molar-refractivity contribution in [2.24, 2.45) is 0 Å². The van der Waals surface area contributed by atoms with Gasteiger partial charge in [-0.2, -0.15) is 0 Å². The van der Waals surface area contributed by atoms with Crippen molar-refractivity contribution in [1.29, 1.82) is 0 Å². The number of aliphatic hydroxyl groups excluding tert-OH is 5. The fourth-order valence-corrected chi connectivity index (χ4v) is 10.1. The molecular weight excluding hydrogens is 887 g/mol. The van der Waals surface area contributed by atoms with Crippen LogP contribution < -0.4 is 5.32 Å². The summed E-state index contributed by atoms with van der Waals surface area (Å²) in [6.45, 7) is 3.82. The SMILES string of the molecule is CCCCCCCCCCCCCC/C=C\CCCCCCCCCCCC(=O)NC(COC1OC(CO)C(O)C(O)C1O)C(O)/C=C/CCCCCCCCCCCCCCCCCCCCCCC. The van der Waals surface area contributed by atoms with E-state index in [2.05, 4.69) is 31.3 Å². The van der Waals surface area contributed by atoms with Gasteiger partial charge < -0.3 is 40.3 Å². The molecule has 0 radical (unpaired) electrons. The van der Waals surface area contributed by atoms with Gasteiger partial charge in [0.15, 0.2) is 6.29 Å². The summed E-state index contributed by atoms with van der Waals surface area (Å²) in [6.07, 6.45) is 59.7. The Hall–Kier alpha value is -1.33. The third-order valence-corrected chi connectivity index (χ3v) is 15.0. The number of unbranched alkanes of at least 4 members (excludes halogenated alkanes) is 42. The fourth-order valence-electron chi connectivity index (χ4n) is 10.1. The van der Waals surface area contributed by atoms with Gasteiger partial charge in [0, 0.05) is 6.42 Å². The van der Waals surface area contributed by atoms with Crippen LogP contribution in [-0.4, -0.2) is 87.5 Å². The summed E-state index contributed by atoms with van der Waals surface area (Å²) >= 11 is 0. The first-order chi connectivity index (χ1) is 34.8. The van der Waals surface area contributed by atoms with Gasteiger partial charge in [-0.25, -0.2) is 0 Å². The summed E-state index contributed by atoms with van der Waals surface area (Å²) in [5, 5.41) is 54.6. The van der Waals surface area contributed by atoms with Crippen LogP contribution in [0, 0.1) is 0 Å². The van der Waals surface area contributed by atoms with E-state index < -0.39 is 49.5 Å². The number of hydrogen-bond donors (Lipinski definition) is 6. The van der Waals surface area contributed by atoms with Crippen LogP contribution in [0.15, 0.2) is 24.3 Å². The van der Waals surface area contributed by atoms with Crippen LogP contribution in [0.1, 0.15) is 309 Å². The van der Waals surface area contributed by atoms with Crippen LogP contribution >= 0.6 is 0 Å². The molecule has 7 unspecified atom stereocenters. The third kappa shape index (κ3) is 41.6. The molecule has 6 N–H and O–H groups in total. The van der Waals surface area contributed by atoms with E-state index in [1.54, 1.807) is 6.08 Å². The zero-order valence-electron chi connectivity index (χ0n) is 46.8. The number of ether oxygens (including phenoxy) is 2. The average molecular weight is 1010 g/mol. The molecule has 0 aromatic rings. The topological polar surface area (TPSA) is 149 Å². The van der Waals surface area contributed by atoms with E-state index in [4.69, 9.17) is 9.47 Å². The second-order valence-electron chi connectivity index (χ2n) is 21.9. The molecule has 0 aliphatic carbocycles. The molecule has 1 aliphatic rings. The van der Waals surface area contributed by atoms with Gasteiger partial charge in [-0.3, -0.25) is 4.79 Å². The van der Waals surface area contributed by atoms with Gasteiger partial charge in [0.05, 0.1) is 25.4 Å². The Morgan fingerprint density at radius 2 is 0.789 bits per heavy atom. The predicted octanol–water partition coefficient (Wildman–Crippen LogP) is 15.7. The standard InChI is InChI=1S/C62H119NO8/c1-3-5-7-9-11-13-15-17-19-21-23-25-27-28-30-32-34-36-38-40-42-44-46-48-50-52-58(66)63-55(54-70-62-61(69)60(68)59(67)57(53-64)71-62)56(65)51-49-47-45-43-41-39-37-35-33-31-29-26-24-22-20-18-16-14-12-10-8-6-4-2/h28,30,49,51,55-57,59-62,64-65,67-69H,3-27,29,31-48,50,52-54H2,1-2H3,(H,63,66)/b30-28-,51-49+. The van der Waals surface area contributed by atoms with Crippen LogP contribution in [0.4, 0.5) is 0 Å². The summed E-state index contributed by atoms with van der Waals surface area (Å²) in [4.78, 5) is 13.1. The van der Waals surface area contributed by atoms with Crippen molar-refractivity contribution in [3.63, 3.8) is 0 Å². The minimum absolute atomic E-state index is 0.174. The molecule has 1 aliphatic heterocycles. The molecule has 0 aromatic carbocycles. The zero-order chi connectivity index (χ0) is 51.5. The third-order valence-electron chi connectivity index (χ3n) is 15.0. The largest absolute Gasteiger partial charge is 0.394 e. The molecule has 9 heteroatoms. The Morgan fingerprint density at radius 1 is 0.465 bits per heavy atom. The molecule has 9 nitrogen and oxygen atoms in total. The average Bonchev–Trinajstić information content (AvgIpc) is 3.37. The number of nitrogens with one attached hydrogen (secondary N) is 1. The van der Waals surface area contributed by atoms with Crippen LogP contribution in [0.25, 0.3) is 0 Å². The van der Waals surface area contributed by atoms with Gasteiger partial charge in [-0.1, -0.05) is 282 Å². The van der Waals surface area contributed by atoms with E-state index in [1.165, 1.54) is 250 Å². The number of hydrogen-bond acceptors (Lipinski definition) is 8. The number of allylic oxidation sites excluding steroid dienone is 3. The molecule has 1 heterocycles. The molecule has 0 saturated carbocycles. The maximum Gasteiger partial charge on any atom is 0.220 e. The van der Waals surface area contributed by atoms with Gasteiger partial charge in [0.1, 0.15) is 24.4 Å². The van der Waals surface area contributed by atoms with Crippen LogP contribution in [-0.2, 0) is 14.3 Å². The Morgan fingerprint density at radius 3 is 1.14 bits per heavy atom. The van der Waals surface area contributed by atoms with Gasteiger partial charge in [-0.15, -0.1) is 0 Å². The number of carbonyl (C=O) groups is 1. The monoisotopic (exact) mass is 1010 g/mol. The first kappa shape index (κ1) is 67.7. The molecule has 1 fully saturated rings. The molecule has 420 valence electrons. The normalized spacial score (nSPS) is 19.3. The van der Waals surface area contributed by atoms with Crippen molar-refractivity contribution in [2.45, 2.75) is 352 Å². The van der Waals surface area contributed by atoms with Gasteiger partial charge >= 0.3 is 0 Å². The summed E-state index contributed by atoms with van der Waals surface area (Å²) in [7, 11) is 0. The number of amides is 1. The second kappa shape index (κ2) is 52.1. The lowest BCUT2D eigenvalue weighted by Crippen LogP contribution is -2.60. The summed E-state index contributed by atoms with van der Waals surface area (Å²) in [6, 6.07) is -0.805. The van der Waals surface area contributed by atoms with Gasteiger partial charge in [0.2, 0.25) is 5.91 Å². The lowest BCUT2D eigenvalue weighted by molar-refractivity contribution is -0.302.